The van der Waals surface area contributed by atoms with Gasteiger partial charge in [0.1, 0.15) is 13.2 Å². The minimum Gasteiger partial charge on any atom is -0.458 e. The van der Waals surface area contributed by atoms with Gasteiger partial charge in [0.25, 0.3) is 10.0 Å². The molecule has 9 heteroatoms. The number of para-hydroxylation sites is 1. The minimum absolute atomic E-state index is 0.0394. The summed E-state index contributed by atoms with van der Waals surface area (Å²) in [6.45, 7) is -0.375. The van der Waals surface area contributed by atoms with Crippen LogP contribution in [0, 0.1) is 0 Å². The highest BCUT2D eigenvalue weighted by atomic mass is 35.5. The number of anilines is 1. The van der Waals surface area contributed by atoms with Crippen LogP contribution in [-0.2, 0) is 19.5 Å². The molecule has 0 saturated heterocycles. The van der Waals surface area contributed by atoms with Crippen LogP contribution in [0.2, 0.25) is 5.02 Å². The number of carbonyl (C=O) groups is 2. The monoisotopic (exact) mass is 473 g/mol. The molecule has 0 spiro atoms. The number of rotatable bonds is 8. The lowest BCUT2D eigenvalue weighted by atomic mass is 10.2. The van der Waals surface area contributed by atoms with E-state index < -0.39 is 22.0 Å². The van der Waals surface area contributed by atoms with Crippen molar-refractivity contribution in [3.8, 4) is 0 Å². The second kappa shape index (κ2) is 10.3. The first-order chi connectivity index (χ1) is 15.3. The second-order valence-electron chi connectivity index (χ2n) is 6.59. The number of benzene rings is 3. The van der Waals surface area contributed by atoms with E-state index in [1.54, 1.807) is 60.7 Å². The summed E-state index contributed by atoms with van der Waals surface area (Å²) in [5.74, 6) is -1.37. The zero-order valence-corrected chi connectivity index (χ0v) is 18.7. The number of hydrogen-bond acceptors (Lipinski definition) is 6. The highest BCUT2D eigenvalue weighted by Gasteiger charge is 2.24. The maximum Gasteiger partial charge on any atom is 0.339 e. The molecule has 0 aliphatic carbocycles. The number of nitrogens with zero attached hydrogens (tertiary/aromatic N) is 1. The molecular formula is C23H20ClNO6S. The first-order valence-corrected chi connectivity index (χ1v) is 11.4. The Labute approximate surface area is 191 Å². The molecule has 0 aromatic heterocycles. The largest absolute Gasteiger partial charge is 0.458 e. The third-order valence-corrected chi connectivity index (χ3v) is 6.61. The van der Waals surface area contributed by atoms with E-state index in [4.69, 9.17) is 21.1 Å². The normalized spacial score (nSPS) is 10.9. The van der Waals surface area contributed by atoms with Gasteiger partial charge in [0.2, 0.25) is 0 Å². The van der Waals surface area contributed by atoms with Gasteiger partial charge in [-0.1, -0.05) is 48.0 Å². The maximum absolute atomic E-state index is 13.0. The Morgan fingerprint density at radius 2 is 1.41 bits per heavy atom. The summed E-state index contributed by atoms with van der Waals surface area (Å²) >= 11 is 6.09. The van der Waals surface area contributed by atoms with Gasteiger partial charge in [-0.25, -0.2) is 18.0 Å². The van der Waals surface area contributed by atoms with Crippen LogP contribution < -0.4 is 4.31 Å². The van der Waals surface area contributed by atoms with E-state index in [1.807, 2.05) is 0 Å². The highest BCUT2D eigenvalue weighted by Crippen LogP contribution is 2.26. The summed E-state index contributed by atoms with van der Waals surface area (Å²) in [5, 5.41) is 0.0394. The Balaban J connectivity index is 1.66. The van der Waals surface area contributed by atoms with E-state index in [9.17, 15) is 18.0 Å². The van der Waals surface area contributed by atoms with Crippen LogP contribution in [-0.4, -0.2) is 40.6 Å². The number of ether oxygens (including phenoxy) is 2. The van der Waals surface area contributed by atoms with Crippen molar-refractivity contribution >= 4 is 39.3 Å². The first kappa shape index (κ1) is 23.3. The molecular weight excluding hydrogens is 454 g/mol. The van der Waals surface area contributed by atoms with Crippen LogP contribution in [0.25, 0.3) is 0 Å². The maximum atomic E-state index is 13.0. The van der Waals surface area contributed by atoms with Crippen molar-refractivity contribution in [2.24, 2.45) is 0 Å². The summed E-state index contributed by atoms with van der Waals surface area (Å²) in [6.07, 6.45) is 0. The fourth-order valence-corrected chi connectivity index (χ4v) is 4.18. The summed E-state index contributed by atoms with van der Waals surface area (Å²) in [6, 6.07) is 20.7. The van der Waals surface area contributed by atoms with E-state index in [2.05, 4.69) is 0 Å². The molecule has 0 N–H and O–H groups in total. The van der Waals surface area contributed by atoms with Crippen molar-refractivity contribution in [2.45, 2.75) is 4.90 Å². The number of halogens is 1. The van der Waals surface area contributed by atoms with Gasteiger partial charge in [-0.2, -0.15) is 0 Å². The molecule has 0 bridgehead atoms. The molecule has 32 heavy (non-hydrogen) atoms. The molecule has 7 nitrogen and oxygen atoms in total. The Morgan fingerprint density at radius 1 is 0.844 bits per heavy atom. The van der Waals surface area contributed by atoms with Crippen molar-refractivity contribution in [2.75, 3.05) is 24.6 Å². The van der Waals surface area contributed by atoms with Gasteiger partial charge in [-0.3, -0.25) is 4.31 Å². The molecule has 0 amide bonds. The second-order valence-corrected chi connectivity index (χ2v) is 8.96. The summed E-state index contributed by atoms with van der Waals surface area (Å²) in [7, 11) is -2.52. The Bertz CT molecular complexity index is 1200. The minimum atomic E-state index is -3.93. The van der Waals surface area contributed by atoms with Crippen molar-refractivity contribution in [1.82, 2.24) is 0 Å². The van der Waals surface area contributed by atoms with Crippen LogP contribution in [0.1, 0.15) is 20.7 Å². The molecule has 0 unspecified atom stereocenters. The molecule has 3 aromatic rings. The molecule has 0 radical (unpaired) electrons. The van der Waals surface area contributed by atoms with Gasteiger partial charge < -0.3 is 9.47 Å². The average molecular weight is 474 g/mol. The van der Waals surface area contributed by atoms with E-state index in [1.165, 1.54) is 19.2 Å². The number of esters is 2. The molecule has 0 aliphatic heterocycles. The zero-order valence-electron chi connectivity index (χ0n) is 17.1. The van der Waals surface area contributed by atoms with Crippen molar-refractivity contribution < 1.29 is 27.5 Å². The van der Waals surface area contributed by atoms with Crippen LogP contribution in [0.15, 0.2) is 83.8 Å². The Morgan fingerprint density at radius 3 is 2.03 bits per heavy atom. The van der Waals surface area contributed by atoms with Gasteiger partial charge in [-0.05, 0) is 42.5 Å². The van der Waals surface area contributed by atoms with E-state index in [-0.39, 0.29) is 28.7 Å². The van der Waals surface area contributed by atoms with Crippen LogP contribution in [0.3, 0.4) is 0 Å². The predicted molar refractivity (Wildman–Crippen MR) is 120 cm³/mol. The predicted octanol–water partition coefficient (Wildman–Crippen LogP) is 4.18. The molecule has 0 heterocycles. The smallest absolute Gasteiger partial charge is 0.339 e. The van der Waals surface area contributed by atoms with Gasteiger partial charge >= 0.3 is 11.9 Å². The van der Waals surface area contributed by atoms with E-state index >= 15 is 0 Å². The van der Waals surface area contributed by atoms with Crippen molar-refractivity contribution in [1.29, 1.82) is 0 Å². The van der Waals surface area contributed by atoms with E-state index in [0.717, 1.165) is 10.4 Å². The first-order valence-electron chi connectivity index (χ1n) is 9.53. The average Bonchev–Trinajstić information content (AvgIpc) is 2.82. The van der Waals surface area contributed by atoms with Gasteiger partial charge in [-0.15, -0.1) is 0 Å². The molecule has 0 atom stereocenters. The lowest BCUT2D eigenvalue weighted by Crippen LogP contribution is -2.26. The van der Waals surface area contributed by atoms with Crippen LogP contribution in [0.4, 0.5) is 5.69 Å². The van der Waals surface area contributed by atoms with Crippen molar-refractivity contribution in [3.05, 3.63) is 95.0 Å². The topological polar surface area (TPSA) is 90.0 Å². The third-order valence-electron chi connectivity index (χ3n) is 4.50. The van der Waals surface area contributed by atoms with Crippen molar-refractivity contribution in [3.63, 3.8) is 0 Å². The number of sulfonamides is 1. The Kier molecular flexibility index (Phi) is 7.50. The SMILES string of the molecule is CN(c1ccccc1)S(=O)(=O)c1ccc(Cl)c(C(=O)OCCOC(=O)c2ccccc2)c1. The fourth-order valence-electron chi connectivity index (χ4n) is 2.76. The molecule has 0 aliphatic rings. The Hall–Kier alpha value is -3.36. The summed E-state index contributed by atoms with van der Waals surface area (Å²) in [4.78, 5) is 24.2. The fraction of sp³-hybridized carbons (Fsp3) is 0.130. The van der Waals surface area contributed by atoms with Crippen LogP contribution in [0.5, 0.6) is 0 Å². The number of hydrogen-bond donors (Lipinski definition) is 0. The zero-order chi connectivity index (χ0) is 23.1. The van der Waals surface area contributed by atoms with Gasteiger partial charge in [0.05, 0.1) is 26.7 Å². The molecule has 3 aromatic carbocycles. The molecule has 0 saturated carbocycles. The lowest BCUT2D eigenvalue weighted by molar-refractivity contribution is 0.0265. The molecule has 3 rings (SSSR count). The summed E-state index contributed by atoms with van der Waals surface area (Å²) in [5.41, 5.74) is 0.734. The quantitative estimate of drug-likeness (QED) is 0.360. The van der Waals surface area contributed by atoms with Gasteiger partial charge in [0.15, 0.2) is 0 Å². The standard InChI is InChI=1S/C23H20ClNO6S/c1-25(18-10-6-3-7-11-18)32(28,29)19-12-13-21(24)20(16-19)23(27)31-15-14-30-22(26)17-8-4-2-5-9-17/h2-13,16H,14-15H2,1H3. The number of carbonyl (C=O) groups excluding carboxylic acids is 2. The lowest BCUT2D eigenvalue weighted by Gasteiger charge is -2.20. The van der Waals surface area contributed by atoms with Crippen LogP contribution >= 0.6 is 11.6 Å². The highest BCUT2D eigenvalue weighted by molar-refractivity contribution is 7.92. The molecule has 166 valence electrons. The summed E-state index contributed by atoms with van der Waals surface area (Å²) < 4.78 is 37.2. The van der Waals surface area contributed by atoms with E-state index in [0.29, 0.717) is 11.3 Å². The molecule has 0 fully saturated rings. The van der Waals surface area contributed by atoms with Gasteiger partial charge in [0, 0.05) is 7.05 Å². The third kappa shape index (κ3) is 5.46.